The Balaban J connectivity index is 0.000000370. The number of hydrogen-bond donors (Lipinski definition) is 16. The topological polar surface area (TPSA) is 766 Å². The molecule has 0 radical (unpaired) electrons. The first-order valence-electron chi connectivity index (χ1n) is 33.9. The molecule has 3 aromatic heterocycles. The molecule has 2 aromatic carbocycles. The van der Waals surface area contributed by atoms with Crippen LogP contribution in [0.3, 0.4) is 0 Å². The zero-order valence-electron chi connectivity index (χ0n) is 62.7. The molecule has 2 saturated heterocycles. The smallest absolute Gasteiger partial charge is 0.490 e. The van der Waals surface area contributed by atoms with Crippen molar-refractivity contribution in [3.63, 3.8) is 0 Å². The van der Waals surface area contributed by atoms with Crippen LogP contribution in [0.1, 0.15) is 77.4 Å². The van der Waals surface area contributed by atoms with Gasteiger partial charge in [-0.1, -0.05) is 52.6 Å². The lowest BCUT2D eigenvalue weighted by molar-refractivity contribution is -0.128. The number of amides is 5. The van der Waals surface area contributed by atoms with Crippen LogP contribution in [0.2, 0.25) is 0 Å². The number of rotatable bonds is 44. The fourth-order valence-corrected chi connectivity index (χ4v) is 16.1. The Kier molecular flexibility index (Phi) is 38.1. The number of nitrogens with zero attached hydrogens (tertiary/aromatic N) is 11. The maximum atomic E-state index is 12.7. The number of nitrogen functional groups attached to an aromatic ring is 2. The number of phosphoric acid groups is 6. The van der Waals surface area contributed by atoms with Crippen molar-refractivity contribution in [2.24, 2.45) is 10.2 Å². The van der Waals surface area contributed by atoms with E-state index >= 15 is 0 Å². The Hall–Kier alpha value is -9.65. The van der Waals surface area contributed by atoms with Crippen molar-refractivity contribution < 1.29 is 155 Å². The summed E-state index contributed by atoms with van der Waals surface area (Å²) < 4.78 is 141. The van der Waals surface area contributed by atoms with E-state index in [0.717, 1.165) is 10.3 Å². The highest BCUT2D eigenvalue weighted by Gasteiger charge is 2.46. The van der Waals surface area contributed by atoms with Gasteiger partial charge in [-0.2, -0.15) is 22.2 Å². The average Bonchev–Trinajstić information content (AvgIpc) is 1.62. The van der Waals surface area contributed by atoms with Gasteiger partial charge in [0.15, 0.2) is 12.5 Å². The number of phosphoric ester groups is 2. The average molecular weight is 1800 g/mol. The third-order valence-electron chi connectivity index (χ3n) is 15.0. The molecular weight excluding hydrogens is 1720 g/mol. The molecule has 119 heavy (non-hydrogen) atoms. The molecule has 5 heterocycles. The summed E-state index contributed by atoms with van der Waals surface area (Å²) in [6.07, 6.45) is -4.19. The van der Waals surface area contributed by atoms with Gasteiger partial charge in [-0.15, -0.1) is 0 Å². The normalized spacial score (nSPS) is 18.8. The maximum absolute atomic E-state index is 12.7. The number of nitrogens with one attached hydrogen (secondary N) is 6. The fourth-order valence-electron chi connectivity index (χ4n) is 10.0. The molecule has 5 amide bonds. The third kappa shape index (κ3) is 34.9. The molecule has 2 aliphatic rings. The summed E-state index contributed by atoms with van der Waals surface area (Å²) in [5.74, 6) is 9.30. The van der Waals surface area contributed by atoms with Gasteiger partial charge in [0, 0.05) is 112 Å². The molecule has 18 N–H and O–H groups in total. The predicted octanol–water partition coefficient (Wildman–Crippen LogP) is 1.64. The molecule has 0 saturated carbocycles. The lowest BCUT2D eigenvalue weighted by Gasteiger charge is -2.20. The van der Waals surface area contributed by atoms with E-state index in [1.54, 1.807) is 54.1 Å². The summed E-state index contributed by atoms with van der Waals surface area (Å²) in [4.78, 5) is 164. The first-order chi connectivity index (χ1) is 56.0. The minimum atomic E-state index is -5.76. The maximum Gasteiger partial charge on any atom is 0.490 e. The number of azide groups is 2. The summed E-state index contributed by atoms with van der Waals surface area (Å²) in [5.41, 5.74) is 31.1. The minimum Gasteiger partial charge on any atom is -0.491 e. The van der Waals surface area contributed by atoms with Crippen molar-refractivity contribution in [3.8, 4) is 35.2 Å². The van der Waals surface area contributed by atoms with Gasteiger partial charge in [-0.05, 0) is 54.4 Å². The number of ether oxygens (including phenoxy) is 8. The first-order valence-corrected chi connectivity index (χ1v) is 43.0. The second-order valence-corrected chi connectivity index (χ2v) is 32.8. The third-order valence-corrected chi connectivity index (χ3v) is 22.6. The molecule has 7 rings (SSSR count). The summed E-state index contributed by atoms with van der Waals surface area (Å²) in [5, 5.41) is 23.4. The fraction of sp³-hybridized carbons (Fsp3) is 0.450. The van der Waals surface area contributed by atoms with Crippen LogP contribution in [0.25, 0.3) is 31.9 Å². The molecule has 5 aromatic rings. The first kappa shape index (κ1) is 98.2. The number of carbonyl (C=O) groups excluding carboxylic acids is 5. The van der Waals surface area contributed by atoms with Gasteiger partial charge in [-0.25, -0.2) is 42.2 Å². The summed E-state index contributed by atoms with van der Waals surface area (Å²) in [7, 11) is -31.0. The van der Waals surface area contributed by atoms with Gasteiger partial charge in [0.05, 0.1) is 48.5 Å². The Morgan fingerprint density at radius 3 is 1.57 bits per heavy atom. The van der Waals surface area contributed by atoms with Crippen LogP contribution in [0.15, 0.2) is 94.6 Å². The molecule has 2 aliphatic heterocycles. The number of benzene rings is 2. The lowest BCUT2D eigenvalue weighted by atomic mass is 10.2. The quantitative estimate of drug-likeness (QED) is 0.00658. The van der Waals surface area contributed by atoms with Crippen LogP contribution < -0.4 is 58.5 Å². The van der Waals surface area contributed by atoms with Crippen LogP contribution in [0.4, 0.5) is 11.6 Å². The van der Waals surface area contributed by atoms with Crippen molar-refractivity contribution in [1.29, 1.82) is 0 Å². The van der Waals surface area contributed by atoms with Crippen LogP contribution >= 0.6 is 46.9 Å². The number of fused-ring (bicyclic) bond motifs is 1. The highest BCUT2D eigenvalue weighted by molar-refractivity contribution is 7.67. The molecule has 650 valence electrons. The monoisotopic (exact) mass is 1800 g/mol. The zero-order chi connectivity index (χ0) is 87.9. The van der Waals surface area contributed by atoms with Crippen molar-refractivity contribution in [1.82, 2.24) is 56.0 Å². The van der Waals surface area contributed by atoms with E-state index in [1.165, 1.54) is 45.8 Å². The predicted molar refractivity (Wildman–Crippen MR) is 405 cm³/mol. The SMILES string of the molecule is C=C(C)NCCNC(=O)c1cccc(OCC(N=[N+]=[N-])OCC(=O)NCC#Cc2cn(C3C[C@H](OC)C(COP(=O)(O)OP(=O)(O)OP(=O)(O)O)O3)c(=O)nc2N)c1.COC1CC(n2cc(C#CCCNC(=O)COC(COc3cccc(C(=O)NCCNC(C)=O)c3)N=[N+]=[N-])c3c(N)ncnc32)OC1COP(=O)(O)OP(=O)(O)OP(=O)(O)O. The lowest BCUT2D eigenvalue weighted by Crippen LogP contribution is -2.33. The van der Waals surface area contributed by atoms with Gasteiger partial charge in [0.1, 0.15) is 86.2 Å². The number of carbonyl (C=O) groups is 5. The molecule has 11 unspecified atom stereocenters. The number of hydrogen-bond acceptors (Lipinski definition) is 34. The molecular formula is C60H81N19O34P6. The minimum absolute atomic E-state index is 0.0290. The van der Waals surface area contributed by atoms with Crippen LogP contribution in [0.5, 0.6) is 11.5 Å². The standard InChI is InChI=1S/C31H41N10O17P3.C29H40N9O17P3/c1-19(42)34-10-11-36-31(44)20-7-5-8-22(12-20)53-17-26(39-40-33)54-16-25(43)35-9-4-3-6-21-14-41(30-28(21)29(32)37-18-38-30)27-13-23(52-2)24(56-27)15-55-60(48,49)58-61(50,51)57-59(45,46)47;1-18(2)32-10-11-34-28(40)19-6-4-8-21(12-19)50-17-25(36-37-31)51-16-24(39)33-9-5-7-20-14-38(29(41)35-27(20)30)26-13-22(49-3)23(53-26)15-52-57(45,46)55-58(47,48)54-56(42,43)44/h5,7-8,12,14,18,23-24,26-27H,4,9-11,13,15-17H2,1-2H3,(H,34,42)(H,35,43)(H,36,44)(H,48,49)(H,50,51)(H2,32,37,38)(H2,45,46,47);4,6,8,12,14,22-23,25-26,32H,1,9-11,13,15-17H2,2-3H3,(H,33,39)(H,34,40)(H,45,46)(H,47,48)(H2,30,35,41)(H2,42,43,44)/t;22-,23?,25?,26?/m.0/s1. The molecule has 12 atom stereocenters. The van der Waals surface area contributed by atoms with Gasteiger partial charge in [0.2, 0.25) is 17.7 Å². The van der Waals surface area contributed by atoms with E-state index in [9.17, 15) is 75.7 Å². The molecule has 53 nitrogen and oxygen atoms in total. The van der Waals surface area contributed by atoms with Gasteiger partial charge in [0.25, 0.3) is 11.8 Å². The molecule has 0 spiro atoms. The second kappa shape index (κ2) is 46.2. The van der Waals surface area contributed by atoms with E-state index in [2.05, 4.69) is 119 Å². The van der Waals surface area contributed by atoms with Gasteiger partial charge in [-0.3, -0.25) is 37.6 Å². The van der Waals surface area contributed by atoms with E-state index < -0.39 is 146 Å². The second-order valence-electron chi connectivity index (χ2n) is 24.0. The van der Waals surface area contributed by atoms with E-state index in [4.69, 9.17) is 84.5 Å². The summed E-state index contributed by atoms with van der Waals surface area (Å²) in [6.45, 7) is 4.81. The van der Waals surface area contributed by atoms with Crippen LogP contribution in [-0.4, -0.2) is 223 Å². The highest BCUT2D eigenvalue weighted by Crippen LogP contribution is 2.67. The number of methoxy groups -OCH3 is 2. The van der Waals surface area contributed by atoms with Crippen molar-refractivity contribution >= 4 is 99.1 Å². The largest absolute Gasteiger partial charge is 0.491 e. The number of aromatic nitrogens is 5. The number of nitrogens with two attached hydrogens (primary N) is 2. The van der Waals surface area contributed by atoms with Crippen LogP contribution in [-0.2, 0) is 96.5 Å². The van der Waals surface area contributed by atoms with Gasteiger partial charge < -0.3 is 125 Å². The van der Waals surface area contributed by atoms with E-state index in [-0.39, 0.29) is 105 Å². The van der Waals surface area contributed by atoms with E-state index in [1.807, 2.05) is 0 Å². The number of allylic oxidation sites excluding steroid dienone is 1. The van der Waals surface area contributed by atoms with Crippen molar-refractivity contribution in [2.45, 2.75) is 82.4 Å². The molecule has 0 bridgehead atoms. The Morgan fingerprint density at radius 1 is 0.622 bits per heavy atom. The molecule has 2 fully saturated rings. The molecule has 0 aliphatic carbocycles. The van der Waals surface area contributed by atoms with Crippen molar-refractivity contribution in [3.05, 3.63) is 133 Å². The van der Waals surface area contributed by atoms with Gasteiger partial charge >= 0.3 is 52.6 Å². The van der Waals surface area contributed by atoms with Crippen molar-refractivity contribution in [2.75, 3.05) is 105 Å². The highest BCUT2D eigenvalue weighted by atomic mass is 31.3. The van der Waals surface area contributed by atoms with E-state index in [0.29, 0.717) is 35.2 Å². The Labute approximate surface area is 672 Å². The Bertz CT molecular complexity index is 5040. The summed E-state index contributed by atoms with van der Waals surface area (Å²) >= 11 is 0. The number of anilines is 2. The Morgan fingerprint density at radius 2 is 1.09 bits per heavy atom. The summed E-state index contributed by atoms with van der Waals surface area (Å²) in [6, 6.07) is 12.4. The zero-order valence-corrected chi connectivity index (χ0v) is 68.1. The van der Waals surface area contributed by atoms with Crippen LogP contribution in [0, 0.1) is 23.7 Å². The molecule has 59 heteroatoms.